The quantitative estimate of drug-likeness (QED) is 0.442. The largest absolute Gasteiger partial charge is 0.545 e. The number of imide groups is 1. The number of unbranched alkanes of at least 4 members (excludes halogenated alkanes) is 1. The lowest BCUT2D eigenvalue weighted by molar-refractivity contribution is -0.255. The van der Waals surface area contributed by atoms with Gasteiger partial charge < -0.3 is 15.2 Å². The monoisotopic (exact) mass is 485 g/mol. The van der Waals surface area contributed by atoms with Gasteiger partial charge in [-0.1, -0.05) is 67.1 Å². The van der Waals surface area contributed by atoms with Crippen molar-refractivity contribution in [3.05, 3.63) is 100 Å². The van der Waals surface area contributed by atoms with Gasteiger partial charge in [-0.05, 0) is 67.3 Å². The minimum atomic E-state index is -1.29. The van der Waals surface area contributed by atoms with Gasteiger partial charge in [-0.3, -0.25) is 9.59 Å². The molecule has 1 heterocycles. The molecule has 7 heteroatoms. The molecule has 35 heavy (non-hydrogen) atoms. The number of aryl methyl sites for hydroxylation is 2. The first-order chi connectivity index (χ1) is 16.9. The number of anilines is 2. The molecule has 1 aliphatic rings. The number of amides is 2. The minimum Gasteiger partial charge on any atom is -0.545 e. The van der Waals surface area contributed by atoms with Gasteiger partial charge in [0.05, 0.1) is 11.7 Å². The average Bonchev–Trinajstić information content (AvgIpc) is 3.08. The van der Waals surface area contributed by atoms with E-state index in [1.807, 2.05) is 43.3 Å². The molecule has 0 fully saturated rings. The summed E-state index contributed by atoms with van der Waals surface area (Å²) in [5, 5.41) is 14.1. The van der Waals surface area contributed by atoms with E-state index in [1.165, 1.54) is 40.9 Å². The van der Waals surface area contributed by atoms with Crippen LogP contribution in [-0.4, -0.2) is 17.8 Å². The lowest BCUT2D eigenvalue weighted by Gasteiger charge is -2.16. The van der Waals surface area contributed by atoms with E-state index in [0.29, 0.717) is 11.4 Å². The van der Waals surface area contributed by atoms with E-state index in [4.69, 9.17) is 0 Å². The fraction of sp³-hybridized carbons (Fsp3) is 0.179. The first-order valence-corrected chi connectivity index (χ1v) is 12.2. The predicted molar refractivity (Wildman–Crippen MR) is 136 cm³/mol. The van der Waals surface area contributed by atoms with Crippen molar-refractivity contribution in [3.8, 4) is 0 Å². The zero-order chi connectivity index (χ0) is 24.9. The molecule has 1 N–H and O–H groups in total. The summed E-state index contributed by atoms with van der Waals surface area (Å²) >= 11 is 1.22. The fourth-order valence-electron chi connectivity index (χ4n) is 3.70. The van der Waals surface area contributed by atoms with E-state index in [2.05, 4.69) is 12.2 Å². The Balaban J connectivity index is 1.66. The highest BCUT2D eigenvalue weighted by Crippen LogP contribution is 2.38. The number of carbonyl (C=O) groups is 3. The van der Waals surface area contributed by atoms with Crippen LogP contribution in [0.1, 0.15) is 41.3 Å². The molecule has 1 aliphatic heterocycles. The van der Waals surface area contributed by atoms with Gasteiger partial charge in [0.2, 0.25) is 0 Å². The Labute approximate surface area is 208 Å². The number of carboxylic acids is 1. The number of carboxylic acid groups (broad SMARTS) is 1. The van der Waals surface area contributed by atoms with Crippen LogP contribution in [0.4, 0.5) is 11.4 Å². The molecule has 0 bridgehead atoms. The summed E-state index contributed by atoms with van der Waals surface area (Å²) in [4.78, 5) is 40.3. The van der Waals surface area contributed by atoms with Crippen molar-refractivity contribution in [2.75, 3.05) is 10.2 Å². The second-order valence-electron chi connectivity index (χ2n) is 8.32. The van der Waals surface area contributed by atoms with Crippen LogP contribution >= 0.6 is 11.8 Å². The van der Waals surface area contributed by atoms with Crippen LogP contribution in [0.3, 0.4) is 0 Å². The topological polar surface area (TPSA) is 89.5 Å². The maximum absolute atomic E-state index is 13.5. The third-order valence-electron chi connectivity index (χ3n) is 5.69. The number of nitrogens with one attached hydrogen (secondary N) is 1. The van der Waals surface area contributed by atoms with Gasteiger partial charge in [0.25, 0.3) is 11.8 Å². The van der Waals surface area contributed by atoms with Gasteiger partial charge in [-0.2, -0.15) is 0 Å². The van der Waals surface area contributed by atoms with Crippen LogP contribution in [0.2, 0.25) is 0 Å². The van der Waals surface area contributed by atoms with E-state index in [-0.39, 0.29) is 16.2 Å². The third kappa shape index (κ3) is 5.46. The molecule has 3 aromatic rings. The van der Waals surface area contributed by atoms with Gasteiger partial charge in [0, 0.05) is 10.6 Å². The summed E-state index contributed by atoms with van der Waals surface area (Å²) < 4.78 is 0. The van der Waals surface area contributed by atoms with Crippen LogP contribution in [0.15, 0.2) is 88.3 Å². The van der Waals surface area contributed by atoms with Gasteiger partial charge in [-0.25, -0.2) is 4.90 Å². The normalized spacial score (nSPS) is 13.5. The van der Waals surface area contributed by atoms with Crippen LogP contribution < -0.4 is 15.3 Å². The highest BCUT2D eigenvalue weighted by molar-refractivity contribution is 8.04. The summed E-state index contributed by atoms with van der Waals surface area (Å²) in [6.45, 7) is 4.11. The third-order valence-corrected chi connectivity index (χ3v) is 6.78. The Kier molecular flexibility index (Phi) is 7.36. The van der Waals surface area contributed by atoms with E-state index >= 15 is 0 Å². The second-order valence-corrected chi connectivity index (χ2v) is 9.41. The van der Waals surface area contributed by atoms with Gasteiger partial charge in [0.1, 0.15) is 10.6 Å². The van der Waals surface area contributed by atoms with Crippen molar-refractivity contribution < 1.29 is 19.5 Å². The molecular weight excluding hydrogens is 460 g/mol. The molecule has 0 atom stereocenters. The molecule has 3 aromatic carbocycles. The van der Waals surface area contributed by atoms with Crippen molar-refractivity contribution in [1.82, 2.24) is 0 Å². The number of carbonyl (C=O) groups excluding carboxylic acids is 3. The molecular formula is C28H25N2O4S-. The van der Waals surface area contributed by atoms with Crippen molar-refractivity contribution in [2.45, 2.75) is 38.0 Å². The summed E-state index contributed by atoms with van der Waals surface area (Å²) in [5.41, 5.74) is 3.42. The molecule has 2 amide bonds. The molecule has 4 rings (SSSR count). The average molecular weight is 486 g/mol. The number of rotatable bonds is 9. The van der Waals surface area contributed by atoms with Gasteiger partial charge in [0.15, 0.2) is 0 Å². The molecule has 0 spiro atoms. The summed E-state index contributed by atoms with van der Waals surface area (Å²) in [7, 11) is 0. The molecule has 6 nitrogen and oxygen atoms in total. The Bertz CT molecular complexity index is 1280. The maximum atomic E-state index is 13.5. The van der Waals surface area contributed by atoms with Gasteiger partial charge >= 0.3 is 0 Å². The number of thioether (sulfide) groups is 1. The first kappa shape index (κ1) is 24.3. The Morgan fingerprint density at radius 2 is 1.57 bits per heavy atom. The molecule has 0 unspecified atom stereocenters. The fourth-order valence-corrected chi connectivity index (χ4v) is 4.63. The molecule has 0 radical (unpaired) electrons. The summed E-state index contributed by atoms with van der Waals surface area (Å²) in [6, 6.07) is 21.0. The minimum absolute atomic E-state index is 0.0254. The highest BCUT2D eigenvalue weighted by atomic mass is 32.2. The van der Waals surface area contributed by atoms with Crippen molar-refractivity contribution >= 4 is 40.9 Å². The zero-order valence-corrected chi connectivity index (χ0v) is 20.4. The maximum Gasteiger partial charge on any atom is 0.283 e. The molecule has 0 aromatic heterocycles. The lowest BCUT2D eigenvalue weighted by atomic mass is 10.1. The van der Waals surface area contributed by atoms with Crippen molar-refractivity contribution in [1.29, 1.82) is 0 Å². The highest BCUT2D eigenvalue weighted by Gasteiger charge is 2.40. The molecule has 0 saturated carbocycles. The van der Waals surface area contributed by atoms with Crippen LogP contribution in [-0.2, 0) is 16.0 Å². The number of benzene rings is 3. The van der Waals surface area contributed by atoms with Crippen molar-refractivity contribution in [2.24, 2.45) is 0 Å². The number of nitrogens with zero attached hydrogens (tertiary/aromatic N) is 1. The number of aromatic carboxylic acids is 1. The molecule has 178 valence electrons. The Morgan fingerprint density at radius 1 is 0.914 bits per heavy atom. The van der Waals surface area contributed by atoms with Crippen molar-refractivity contribution in [3.63, 3.8) is 0 Å². The molecule has 0 saturated heterocycles. The van der Waals surface area contributed by atoms with Gasteiger partial charge in [-0.15, -0.1) is 0 Å². The standard InChI is InChI=1S/C28H26N2O4S/c1-3-4-5-19-8-14-22(15-9-19)30-26(31)24(29-21-12-10-20(11-13-21)28(33)34)25(27(30)32)35-23-16-6-18(2)7-17-23/h6-17,29H,3-5H2,1-2H3,(H,33,34)/p-1. The second kappa shape index (κ2) is 10.6. The van der Waals surface area contributed by atoms with E-state index in [9.17, 15) is 19.5 Å². The van der Waals surface area contributed by atoms with Crippen LogP contribution in [0, 0.1) is 6.92 Å². The first-order valence-electron chi connectivity index (χ1n) is 11.4. The van der Waals surface area contributed by atoms with E-state index < -0.39 is 17.8 Å². The van der Waals surface area contributed by atoms with Crippen LogP contribution in [0.25, 0.3) is 0 Å². The summed E-state index contributed by atoms with van der Waals surface area (Å²) in [5.74, 6) is -2.15. The number of hydrogen-bond donors (Lipinski definition) is 1. The summed E-state index contributed by atoms with van der Waals surface area (Å²) in [6.07, 6.45) is 3.11. The van der Waals surface area contributed by atoms with E-state index in [1.54, 1.807) is 12.1 Å². The number of hydrogen-bond acceptors (Lipinski definition) is 6. The lowest BCUT2D eigenvalue weighted by Crippen LogP contribution is -2.32. The van der Waals surface area contributed by atoms with E-state index in [0.717, 1.165) is 35.3 Å². The van der Waals surface area contributed by atoms with Crippen LogP contribution in [0.5, 0.6) is 0 Å². The predicted octanol–water partition coefficient (Wildman–Crippen LogP) is 4.69. The Morgan fingerprint density at radius 3 is 2.17 bits per heavy atom. The zero-order valence-electron chi connectivity index (χ0n) is 19.5. The smallest absolute Gasteiger partial charge is 0.283 e. The Hall–Kier alpha value is -3.84. The molecule has 0 aliphatic carbocycles. The SMILES string of the molecule is CCCCc1ccc(N2C(=O)C(Nc3ccc(C(=O)[O-])cc3)=C(Sc3ccc(C)cc3)C2=O)cc1.